The fourth-order valence-corrected chi connectivity index (χ4v) is 3.15. The largest absolute Gasteiger partial charge is 0.491 e. The van der Waals surface area contributed by atoms with Gasteiger partial charge in [-0.3, -0.25) is 4.68 Å². The molecule has 178 valence electrons. The molecule has 32 heavy (non-hydrogen) atoms. The number of ether oxygens (including phenoxy) is 3. The van der Waals surface area contributed by atoms with Crippen molar-refractivity contribution in [2.24, 2.45) is 0 Å². The van der Waals surface area contributed by atoms with Gasteiger partial charge in [0.15, 0.2) is 0 Å². The number of aliphatic hydroxyl groups is 4. The fraction of sp³-hybridized carbons (Fsp3) is 0.609. The average molecular weight is 467 g/mol. The third-order valence-electron chi connectivity index (χ3n) is 4.79. The molecular formula is C23H34N2O7. The first-order valence-electron chi connectivity index (χ1n) is 17.4. The molecule has 0 spiro atoms. The van der Waals surface area contributed by atoms with Crippen LogP contribution in [0.4, 0.5) is 0 Å². The normalized spacial score (nSPS) is 35.7. The number of aromatic nitrogens is 2. The monoisotopic (exact) mass is 466 g/mol. The van der Waals surface area contributed by atoms with Gasteiger partial charge in [0, 0.05) is 44.3 Å². The van der Waals surface area contributed by atoms with Crippen LogP contribution in [0.5, 0.6) is 11.6 Å². The summed E-state index contributed by atoms with van der Waals surface area (Å²) >= 11 is 0. The molecule has 5 atom stereocenters. The molecule has 0 saturated carbocycles. The van der Waals surface area contributed by atoms with Crippen molar-refractivity contribution in [1.82, 2.24) is 9.78 Å². The molecule has 1 aromatic carbocycles. The minimum atomic E-state index is -3.73. The van der Waals surface area contributed by atoms with Crippen LogP contribution < -0.4 is 9.47 Å². The van der Waals surface area contributed by atoms with Crippen molar-refractivity contribution >= 4 is 0 Å². The van der Waals surface area contributed by atoms with Gasteiger partial charge in [-0.25, -0.2) is 0 Å². The molecule has 0 amide bonds. The number of nitrogens with zero attached hydrogens (tertiary/aromatic N) is 2. The van der Waals surface area contributed by atoms with E-state index >= 15 is 0 Å². The predicted octanol–water partition coefficient (Wildman–Crippen LogP) is 1.33. The SMILES string of the molecule is [2H]C([2H])([2H])c1c(Cc2ccc(OC(C([2H])([2H])[2H])C([2H])([2H])[2H])cc2)c(O[C@@H]2O[C@H](CO)[C@@H](O)[C@H](O)[C@H]2O)nn1C([2H])(C([2H])([2H])[2H])C([2H])([2H])[2H]. The van der Waals surface area contributed by atoms with E-state index in [2.05, 4.69) is 5.10 Å². The lowest BCUT2D eigenvalue weighted by atomic mass is 9.99. The average Bonchev–Trinajstić information content (AvgIpc) is 3.28. The van der Waals surface area contributed by atoms with Gasteiger partial charge in [-0.2, -0.15) is 0 Å². The van der Waals surface area contributed by atoms with Crippen LogP contribution in [0, 0.1) is 6.85 Å². The summed E-state index contributed by atoms with van der Waals surface area (Å²) in [6.07, 6.45) is -12.2. The lowest BCUT2D eigenvalue weighted by molar-refractivity contribution is -0.278. The third-order valence-corrected chi connectivity index (χ3v) is 4.79. The van der Waals surface area contributed by atoms with E-state index in [0.717, 1.165) is 12.1 Å². The van der Waals surface area contributed by atoms with E-state index in [0.29, 0.717) is 0 Å². The van der Waals surface area contributed by atoms with Gasteiger partial charge in [0.1, 0.15) is 30.2 Å². The minimum absolute atomic E-state index is 0.0383. The van der Waals surface area contributed by atoms with Gasteiger partial charge in [-0.15, -0.1) is 5.10 Å². The Morgan fingerprint density at radius 2 is 1.88 bits per heavy atom. The van der Waals surface area contributed by atoms with Crippen LogP contribution in [0.3, 0.4) is 0 Å². The maximum atomic E-state index is 10.5. The molecule has 3 rings (SSSR count). The van der Waals surface area contributed by atoms with Crippen molar-refractivity contribution in [1.29, 1.82) is 0 Å². The van der Waals surface area contributed by atoms with E-state index in [9.17, 15) is 20.4 Å². The highest BCUT2D eigenvalue weighted by Gasteiger charge is 2.45. The van der Waals surface area contributed by atoms with E-state index in [1.54, 1.807) is 0 Å². The van der Waals surface area contributed by atoms with Gasteiger partial charge in [0.05, 0.1) is 14.1 Å². The van der Waals surface area contributed by atoms with E-state index in [-0.39, 0.29) is 16.0 Å². The molecule has 0 bridgehead atoms. The van der Waals surface area contributed by atoms with Gasteiger partial charge in [-0.1, -0.05) is 12.1 Å². The molecule has 1 aliphatic heterocycles. The van der Waals surface area contributed by atoms with Gasteiger partial charge < -0.3 is 34.6 Å². The molecule has 4 N–H and O–H groups in total. The van der Waals surface area contributed by atoms with Crippen molar-refractivity contribution in [3.8, 4) is 11.6 Å². The second-order valence-corrected chi connectivity index (χ2v) is 7.03. The first-order valence-corrected chi connectivity index (χ1v) is 9.41. The Morgan fingerprint density at radius 1 is 1.12 bits per heavy atom. The highest BCUT2D eigenvalue weighted by Crippen LogP contribution is 2.31. The van der Waals surface area contributed by atoms with Crippen LogP contribution in [0.1, 0.15) is 72.2 Å². The van der Waals surface area contributed by atoms with E-state index < -0.39 is 107 Å². The molecule has 1 fully saturated rings. The number of rotatable bonds is 8. The summed E-state index contributed by atoms with van der Waals surface area (Å²) in [7, 11) is 0. The summed E-state index contributed by atoms with van der Waals surface area (Å²) in [5.74, 6) is -1.07. The van der Waals surface area contributed by atoms with Crippen LogP contribution in [-0.4, -0.2) is 73.6 Å². The van der Waals surface area contributed by atoms with Gasteiger partial charge in [0.25, 0.3) is 0 Å². The van der Waals surface area contributed by atoms with Crippen molar-refractivity contribution < 1.29 is 56.6 Å². The van der Waals surface area contributed by atoms with Gasteiger partial charge >= 0.3 is 0 Å². The van der Waals surface area contributed by atoms with Crippen LogP contribution in [0.2, 0.25) is 0 Å². The molecular weight excluding hydrogens is 416 g/mol. The summed E-state index contributed by atoms with van der Waals surface area (Å²) in [5.41, 5.74) is -1.47. The Kier molecular flexibility index (Phi) is 3.45. The van der Waals surface area contributed by atoms with Crippen molar-refractivity contribution in [2.45, 2.75) is 83.5 Å². The first kappa shape index (κ1) is 10.8. The molecule has 1 saturated heterocycles. The summed E-state index contributed by atoms with van der Waals surface area (Å²) in [6, 6.07) is 1.05. The zero-order chi connectivity index (χ0) is 37.0. The second kappa shape index (κ2) is 10.2. The Morgan fingerprint density at radius 3 is 2.50 bits per heavy atom. The highest BCUT2D eigenvalue weighted by atomic mass is 16.7. The quantitative estimate of drug-likeness (QED) is 0.459. The van der Waals surface area contributed by atoms with E-state index in [1.807, 2.05) is 0 Å². The van der Waals surface area contributed by atoms with Gasteiger partial charge in [0.2, 0.25) is 12.2 Å². The van der Waals surface area contributed by atoms with Crippen molar-refractivity contribution in [3.05, 3.63) is 41.1 Å². The highest BCUT2D eigenvalue weighted by molar-refractivity contribution is 5.38. The molecule has 9 heteroatoms. The number of hydrogen-bond acceptors (Lipinski definition) is 8. The van der Waals surface area contributed by atoms with Crippen LogP contribution in [-0.2, 0) is 11.2 Å². The molecule has 2 aromatic rings. The van der Waals surface area contributed by atoms with Crippen molar-refractivity contribution in [2.75, 3.05) is 6.61 Å². The molecule has 0 unspecified atom stereocenters. The minimum Gasteiger partial charge on any atom is -0.491 e. The maximum Gasteiger partial charge on any atom is 0.239 e. The summed E-state index contributed by atoms with van der Waals surface area (Å²) in [4.78, 5) is 0. The zero-order valence-corrected chi connectivity index (χ0v) is 16.6. The Balaban J connectivity index is 2.22. The number of hydrogen-bond donors (Lipinski definition) is 4. The molecule has 0 aliphatic carbocycles. The van der Waals surface area contributed by atoms with E-state index in [1.165, 1.54) is 12.1 Å². The number of aliphatic hydroxyl groups excluding tert-OH is 4. The lowest BCUT2D eigenvalue weighted by Gasteiger charge is -2.39. The molecule has 1 aliphatic rings. The smallest absolute Gasteiger partial charge is 0.239 e. The summed E-state index contributed by atoms with van der Waals surface area (Å²) in [6.45, 7) is -17.8. The van der Waals surface area contributed by atoms with Crippen LogP contribution in [0.25, 0.3) is 0 Å². The maximum absolute atomic E-state index is 10.5. The van der Waals surface area contributed by atoms with E-state index in [4.69, 9.17) is 36.1 Å². The molecule has 1 aromatic heterocycles. The summed E-state index contributed by atoms with van der Waals surface area (Å²) in [5, 5.41) is 44.2. The summed E-state index contributed by atoms with van der Waals surface area (Å²) < 4.78 is 142. The molecule has 2 heterocycles. The zero-order valence-electron chi connectivity index (χ0n) is 32.6. The van der Waals surface area contributed by atoms with Crippen LogP contribution >= 0.6 is 0 Å². The Bertz CT molecular complexity index is 1370. The standard InChI is InChI=1S/C23H34N2O7/c1-12(2)25-14(5)17(10-15-6-8-16(9-7-15)30-13(3)4)22(24-25)32-23-21(29)20(28)19(27)18(11-26)31-23/h6-9,12-13,18-21,23,26-29H,10-11H2,1-5H3/t18-,19-,20+,21-,23+/m1/s1/i1D3,2D3,3D3,4D3,5D3,12D. The molecule has 9 nitrogen and oxygen atoms in total. The van der Waals surface area contributed by atoms with Crippen LogP contribution in [0.15, 0.2) is 24.3 Å². The van der Waals surface area contributed by atoms with Gasteiger partial charge in [-0.05, 0) is 52.0 Å². The molecule has 0 radical (unpaired) electrons. The Labute approximate surface area is 210 Å². The Hall–Kier alpha value is -2.17. The lowest BCUT2D eigenvalue weighted by Crippen LogP contribution is -2.60. The topological polar surface area (TPSA) is 126 Å². The third kappa shape index (κ3) is 5.24. The van der Waals surface area contributed by atoms with Crippen molar-refractivity contribution in [3.63, 3.8) is 0 Å². The number of benzene rings is 1. The second-order valence-electron chi connectivity index (χ2n) is 7.03. The predicted molar refractivity (Wildman–Crippen MR) is 117 cm³/mol. The fourth-order valence-electron chi connectivity index (χ4n) is 3.15. The first-order chi connectivity index (χ1) is 21.6.